The van der Waals surface area contributed by atoms with E-state index in [4.69, 9.17) is 0 Å². The van der Waals surface area contributed by atoms with Gasteiger partial charge in [-0.1, -0.05) is 37.5 Å². The van der Waals surface area contributed by atoms with Crippen molar-refractivity contribution in [1.29, 1.82) is 0 Å². The Morgan fingerprint density at radius 3 is 2.40 bits per heavy atom. The average molecular weight is 199 g/mol. The molecule has 1 N–H and O–H groups in total. The summed E-state index contributed by atoms with van der Waals surface area (Å²) in [6.07, 6.45) is 11.7. The molecule has 0 amide bonds. The van der Waals surface area contributed by atoms with Gasteiger partial charge in [0, 0.05) is 17.0 Å². The molecule has 0 atom stereocenters. The van der Waals surface area contributed by atoms with Gasteiger partial charge in [0.1, 0.15) is 0 Å². The molecule has 78 valence electrons. The Hall–Kier alpha value is -1.76. The molecule has 1 rings (SSSR count). The van der Waals surface area contributed by atoms with Crippen LogP contribution in [0.15, 0.2) is 31.4 Å². The lowest BCUT2D eigenvalue weighted by Crippen LogP contribution is -1.76. The van der Waals surface area contributed by atoms with E-state index in [0.717, 1.165) is 11.4 Å². The summed E-state index contributed by atoms with van der Waals surface area (Å²) in [5.41, 5.74) is 4.62. The normalized spacial score (nSPS) is 11.3. The molecule has 0 spiro atoms. The molecule has 0 unspecified atom stereocenters. The minimum atomic E-state index is 1.06. The SMILES string of the molecule is C=C/C=C\c1[nH]c(C=C)c(/C=C\C)c1C. The van der Waals surface area contributed by atoms with Gasteiger partial charge in [0.05, 0.1) is 0 Å². The van der Waals surface area contributed by atoms with E-state index in [1.54, 1.807) is 6.08 Å². The van der Waals surface area contributed by atoms with Crippen LogP contribution in [0.3, 0.4) is 0 Å². The van der Waals surface area contributed by atoms with E-state index in [0.29, 0.717) is 0 Å². The largest absolute Gasteiger partial charge is 0.355 e. The molecule has 0 bridgehead atoms. The minimum Gasteiger partial charge on any atom is -0.355 e. The van der Waals surface area contributed by atoms with Gasteiger partial charge in [0.2, 0.25) is 0 Å². The second-order valence-electron chi connectivity index (χ2n) is 3.29. The van der Waals surface area contributed by atoms with E-state index in [2.05, 4.69) is 31.1 Å². The van der Waals surface area contributed by atoms with Gasteiger partial charge in [0.15, 0.2) is 0 Å². The maximum Gasteiger partial charge on any atom is 0.0455 e. The lowest BCUT2D eigenvalue weighted by atomic mass is 10.1. The number of hydrogen-bond acceptors (Lipinski definition) is 0. The van der Waals surface area contributed by atoms with Crippen molar-refractivity contribution in [3.05, 3.63) is 53.9 Å². The number of nitrogens with one attached hydrogen (secondary N) is 1. The van der Waals surface area contributed by atoms with E-state index in [9.17, 15) is 0 Å². The molecule has 0 aliphatic carbocycles. The molecule has 0 saturated carbocycles. The number of H-pyrrole nitrogens is 1. The van der Waals surface area contributed by atoms with Gasteiger partial charge in [-0.25, -0.2) is 0 Å². The van der Waals surface area contributed by atoms with Crippen LogP contribution in [0.1, 0.15) is 29.4 Å². The Labute approximate surface area is 91.5 Å². The zero-order chi connectivity index (χ0) is 11.3. The third-order valence-electron chi connectivity index (χ3n) is 2.30. The topological polar surface area (TPSA) is 15.8 Å². The fraction of sp³-hybridized carbons (Fsp3) is 0.143. The van der Waals surface area contributed by atoms with Gasteiger partial charge < -0.3 is 4.98 Å². The summed E-state index contributed by atoms with van der Waals surface area (Å²) >= 11 is 0. The zero-order valence-electron chi connectivity index (χ0n) is 9.38. The molecular weight excluding hydrogens is 182 g/mol. The van der Waals surface area contributed by atoms with Crippen molar-refractivity contribution in [3.63, 3.8) is 0 Å². The summed E-state index contributed by atoms with van der Waals surface area (Å²) in [7, 11) is 0. The molecule has 1 heterocycles. The highest BCUT2D eigenvalue weighted by Crippen LogP contribution is 2.21. The maximum absolute atomic E-state index is 3.80. The second kappa shape index (κ2) is 5.20. The summed E-state index contributed by atoms with van der Waals surface area (Å²) in [6, 6.07) is 0. The fourth-order valence-electron chi connectivity index (χ4n) is 1.53. The predicted octanol–water partition coefficient (Wildman–Crippen LogP) is 4.20. The van der Waals surface area contributed by atoms with Crippen LogP contribution in [0.25, 0.3) is 18.2 Å². The number of aromatic amines is 1. The van der Waals surface area contributed by atoms with E-state index in [1.165, 1.54) is 11.1 Å². The van der Waals surface area contributed by atoms with Crippen molar-refractivity contribution in [2.45, 2.75) is 13.8 Å². The quantitative estimate of drug-likeness (QED) is 0.699. The molecule has 15 heavy (non-hydrogen) atoms. The first-order valence-corrected chi connectivity index (χ1v) is 5.01. The van der Waals surface area contributed by atoms with Crippen LogP contribution in [0.2, 0.25) is 0 Å². The van der Waals surface area contributed by atoms with Gasteiger partial charge in [-0.3, -0.25) is 0 Å². The molecular formula is C14H17N. The van der Waals surface area contributed by atoms with E-state index in [1.807, 2.05) is 31.2 Å². The van der Waals surface area contributed by atoms with Gasteiger partial charge >= 0.3 is 0 Å². The molecule has 1 nitrogen and oxygen atoms in total. The van der Waals surface area contributed by atoms with Crippen molar-refractivity contribution in [1.82, 2.24) is 4.98 Å². The van der Waals surface area contributed by atoms with Gasteiger partial charge in [-0.15, -0.1) is 0 Å². The van der Waals surface area contributed by atoms with E-state index in [-0.39, 0.29) is 0 Å². The third-order valence-corrected chi connectivity index (χ3v) is 2.30. The van der Waals surface area contributed by atoms with E-state index >= 15 is 0 Å². The van der Waals surface area contributed by atoms with Crippen molar-refractivity contribution in [2.24, 2.45) is 0 Å². The number of allylic oxidation sites excluding steroid dienone is 3. The Kier molecular flexibility index (Phi) is 3.92. The van der Waals surface area contributed by atoms with E-state index < -0.39 is 0 Å². The summed E-state index contributed by atoms with van der Waals surface area (Å²) in [6.45, 7) is 11.6. The highest BCUT2D eigenvalue weighted by atomic mass is 14.7. The van der Waals surface area contributed by atoms with Crippen LogP contribution in [-0.4, -0.2) is 4.98 Å². The van der Waals surface area contributed by atoms with Gasteiger partial charge in [-0.05, 0) is 31.6 Å². The van der Waals surface area contributed by atoms with Gasteiger partial charge in [-0.2, -0.15) is 0 Å². The number of aromatic nitrogens is 1. The summed E-state index contributed by atoms with van der Waals surface area (Å²) in [4.78, 5) is 3.32. The lowest BCUT2D eigenvalue weighted by Gasteiger charge is -1.93. The molecule has 0 radical (unpaired) electrons. The average Bonchev–Trinajstić information content (AvgIpc) is 2.54. The minimum absolute atomic E-state index is 1.06. The van der Waals surface area contributed by atoms with Crippen molar-refractivity contribution in [2.75, 3.05) is 0 Å². The Bertz CT molecular complexity index is 417. The first kappa shape index (κ1) is 11.3. The Morgan fingerprint density at radius 1 is 1.13 bits per heavy atom. The van der Waals surface area contributed by atoms with Crippen LogP contribution in [-0.2, 0) is 0 Å². The highest BCUT2D eigenvalue weighted by molar-refractivity contribution is 5.70. The van der Waals surface area contributed by atoms with Crippen LogP contribution < -0.4 is 0 Å². The fourth-order valence-corrected chi connectivity index (χ4v) is 1.53. The first-order chi connectivity index (χ1) is 7.24. The molecule has 1 aromatic rings. The van der Waals surface area contributed by atoms with Crippen LogP contribution in [0.4, 0.5) is 0 Å². The monoisotopic (exact) mass is 199 g/mol. The maximum atomic E-state index is 3.80. The third kappa shape index (κ3) is 2.38. The lowest BCUT2D eigenvalue weighted by molar-refractivity contribution is 1.32. The summed E-state index contributed by atoms with van der Waals surface area (Å²) in [5, 5.41) is 0. The summed E-state index contributed by atoms with van der Waals surface area (Å²) in [5.74, 6) is 0. The molecule has 0 aliphatic heterocycles. The predicted molar refractivity (Wildman–Crippen MR) is 69.6 cm³/mol. The van der Waals surface area contributed by atoms with Gasteiger partial charge in [0.25, 0.3) is 0 Å². The van der Waals surface area contributed by atoms with Crippen molar-refractivity contribution >= 4 is 18.2 Å². The molecule has 0 fully saturated rings. The van der Waals surface area contributed by atoms with Crippen molar-refractivity contribution in [3.8, 4) is 0 Å². The van der Waals surface area contributed by atoms with Crippen LogP contribution >= 0.6 is 0 Å². The molecule has 0 saturated heterocycles. The first-order valence-electron chi connectivity index (χ1n) is 5.01. The van der Waals surface area contributed by atoms with Crippen molar-refractivity contribution < 1.29 is 0 Å². The Balaban J connectivity index is 3.26. The second-order valence-corrected chi connectivity index (χ2v) is 3.29. The number of hydrogen-bond donors (Lipinski definition) is 1. The molecule has 0 aromatic carbocycles. The standard InChI is InChI=1S/C14H17N/c1-5-8-10-14-11(4)12(9-6-2)13(7-3)15-14/h5-10,15H,1,3H2,2,4H3/b9-6-,10-8-. The molecule has 1 heteroatoms. The summed E-state index contributed by atoms with van der Waals surface area (Å²) < 4.78 is 0. The number of rotatable bonds is 4. The smallest absolute Gasteiger partial charge is 0.0455 e. The Morgan fingerprint density at radius 2 is 1.87 bits per heavy atom. The highest BCUT2D eigenvalue weighted by Gasteiger charge is 2.06. The zero-order valence-corrected chi connectivity index (χ0v) is 9.38. The molecule has 1 aromatic heterocycles. The van der Waals surface area contributed by atoms with Crippen LogP contribution in [0, 0.1) is 6.92 Å². The molecule has 0 aliphatic rings. The van der Waals surface area contributed by atoms with Crippen LogP contribution in [0.5, 0.6) is 0 Å².